The summed E-state index contributed by atoms with van der Waals surface area (Å²) in [6, 6.07) is 12.9. The number of methoxy groups -OCH3 is 1. The Morgan fingerprint density at radius 2 is 1.83 bits per heavy atom. The lowest BCUT2D eigenvalue weighted by Crippen LogP contribution is -2.38. The zero-order valence-electron chi connectivity index (χ0n) is 13.1. The van der Waals surface area contributed by atoms with Gasteiger partial charge in [0.15, 0.2) is 0 Å². The highest BCUT2D eigenvalue weighted by atomic mass is 16.5. The van der Waals surface area contributed by atoms with Crippen LogP contribution in [0.15, 0.2) is 54.6 Å². The second-order valence-electron chi connectivity index (χ2n) is 6.24. The highest BCUT2D eigenvalue weighted by Crippen LogP contribution is 2.50. The predicted molar refractivity (Wildman–Crippen MR) is 90.3 cm³/mol. The van der Waals surface area contributed by atoms with Crippen LogP contribution in [0, 0.1) is 0 Å². The van der Waals surface area contributed by atoms with Crippen molar-refractivity contribution >= 4 is 17.2 Å². The van der Waals surface area contributed by atoms with Gasteiger partial charge < -0.3 is 9.84 Å². The molecule has 0 spiro atoms. The Morgan fingerprint density at radius 3 is 2.62 bits per heavy atom. The summed E-state index contributed by atoms with van der Waals surface area (Å²) in [5, 5.41) is 10.9. The average molecular weight is 317 g/mol. The molecule has 1 N–H and O–H groups in total. The molecule has 0 saturated heterocycles. The first-order valence-electron chi connectivity index (χ1n) is 7.92. The number of nitrogens with zero attached hydrogens (tertiary/aromatic N) is 1. The molecule has 0 saturated carbocycles. The Bertz CT molecular complexity index is 957. The molecule has 2 heterocycles. The van der Waals surface area contributed by atoms with Gasteiger partial charge in [-0.2, -0.15) is 0 Å². The number of carbonyl (C=O) groups is 1. The van der Waals surface area contributed by atoms with Crippen LogP contribution in [0.2, 0.25) is 0 Å². The number of benzene rings is 2. The van der Waals surface area contributed by atoms with Gasteiger partial charge in [0.05, 0.1) is 18.8 Å². The molecule has 24 heavy (non-hydrogen) atoms. The molecule has 0 radical (unpaired) electrons. The Kier molecular flexibility index (Phi) is 2.59. The van der Waals surface area contributed by atoms with Crippen molar-refractivity contribution in [3.8, 4) is 5.75 Å². The van der Waals surface area contributed by atoms with Gasteiger partial charge in [-0.3, -0.25) is 9.69 Å². The number of aliphatic hydroxyl groups excluding tert-OH is 1. The number of rotatable bonds is 1. The molecule has 1 amide bonds. The van der Waals surface area contributed by atoms with Crippen LogP contribution >= 0.6 is 0 Å². The minimum atomic E-state index is -0.761. The number of carbonyl (C=O) groups excluding carboxylic acids is 1. The largest absolute Gasteiger partial charge is 0.497 e. The van der Waals surface area contributed by atoms with Gasteiger partial charge in [0.2, 0.25) is 0 Å². The second kappa shape index (κ2) is 4.58. The molecule has 118 valence electrons. The molecule has 2 aromatic rings. The minimum absolute atomic E-state index is 0.0497. The molecule has 1 aliphatic carbocycles. The van der Waals surface area contributed by atoms with Crippen LogP contribution in [0.5, 0.6) is 5.75 Å². The van der Waals surface area contributed by atoms with E-state index in [1.807, 2.05) is 54.6 Å². The lowest BCUT2D eigenvalue weighted by molar-refractivity contribution is 0.0689. The van der Waals surface area contributed by atoms with Crippen molar-refractivity contribution in [1.29, 1.82) is 0 Å². The van der Waals surface area contributed by atoms with Crippen LogP contribution in [-0.4, -0.2) is 29.1 Å². The molecule has 2 atom stereocenters. The van der Waals surface area contributed by atoms with E-state index in [4.69, 9.17) is 4.74 Å². The number of allylic oxidation sites excluding steroid dienone is 2. The van der Waals surface area contributed by atoms with Crippen molar-refractivity contribution in [1.82, 2.24) is 4.90 Å². The quantitative estimate of drug-likeness (QED) is 0.879. The highest BCUT2D eigenvalue weighted by molar-refractivity contribution is 6.12. The molecule has 4 nitrogen and oxygen atoms in total. The number of hydrogen-bond donors (Lipinski definition) is 1. The summed E-state index contributed by atoms with van der Waals surface area (Å²) < 4.78 is 5.28. The second-order valence-corrected chi connectivity index (χ2v) is 6.24. The Labute approximate surface area is 139 Å². The fraction of sp³-hybridized carbons (Fsp3) is 0.150. The van der Waals surface area contributed by atoms with E-state index in [0.29, 0.717) is 11.3 Å². The molecule has 0 unspecified atom stereocenters. The van der Waals surface area contributed by atoms with Gasteiger partial charge in [-0.1, -0.05) is 30.3 Å². The molecule has 3 aliphatic rings. The van der Waals surface area contributed by atoms with E-state index >= 15 is 0 Å². The summed E-state index contributed by atoms with van der Waals surface area (Å²) >= 11 is 0. The number of hydrogen-bond acceptors (Lipinski definition) is 3. The van der Waals surface area contributed by atoms with Crippen LogP contribution in [0.25, 0.3) is 11.3 Å². The fourth-order valence-corrected chi connectivity index (χ4v) is 4.02. The summed E-state index contributed by atoms with van der Waals surface area (Å²) in [7, 11) is 1.61. The summed E-state index contributed by atoms with van der Waals surface area (Å²) in [4.78, 5) is 14.6. The van der Waals surface area contributed by atoms with Crippen molar-refractivity contribution in [3.63, 3.8) is 0 Å². The number of ether oxygens (including phenoxy) is 1. The number of amides is 1. The van der Waals surface area contributed by atoms with E-state index in [-0.39, 0.29) is 11.9 Å². The third-order valence-corrected chi connectivity index (χ3v) is 5.12. The van der Waals surface area contributed by atoms with E-state index in [2.05, 4.69) is 0 Å². The Hall–Kier alpha value is -2.85. The van der Waals surface area contributed by atoms with E-state index in [0.717, 1.165) is 28.0 Å². The molecule has 0 aromatic heterocycles. The van der Waals surface area contributed by atoms with Gasteiger partial charge in [-0.25, -0.2) is 0 Å². The normalized spacial score (nSPS) is 23.1. The van der Waals surface area contributed by atoms with Crippen molar-refractivity contribution in [2.75, 3.05) is 7.11 Å². The molecular weight excluding hydrogens is 302 g/mol. The van der Waals surface area contributed by atoms with Crippen LogP contribution in [0.1, 0.15) is 33.2 Å². The van der Waals surface area contributed by atoms with E-state index in [1.165, 1.54) is 0 Å². The van der Waals surface area contributed by atoms with Crippen molar-refractivity contribution in [2.45, 2.75) is 12.1 Å². The topological polar surface area (TPSA) is 49.8 Å². The minimum Gasteiger partial charge on any atom is -0.497 e. The summed E-state index contributed by atoms with van der Waals surface area (Å²) in [6.07, 6.45) is 3.23. The van der Waals surface area contributed by atoms with E-state index < -0.39 is 6.10 Å². The molecule has 4 heteroatoms. The van der Waals surface area contributed by atoms with Gasteiger partial charge in [0.25, 0.3) is 5.91 Å². The van der Waals surface area contributed by atoms with Gasteiger partial charge in [0, 0.05) is 11.1 Å². The first-order valence-corrected chi connectivity index (χ1v) is 7.92. The molecular formula is C20H15NO3. The van der Waals surface area contributed by atoms with E-state index in [9.17, 15) is 9.90 Å². The highest BCUT2D eigenvalue weighted by Gasteiger charge is 2.47. The average Bonchev–Trinajstić information content (AvgIpc) is 3.08. The van der Waals surface area contributed by atoms with Gasteiger partial charge in [-0.05, 0) is 41.0 Å². The van der Waals surface area contributed by atoms with Crippen LogP contribution in [0.3, 0.4) is 0 Å². The van der Waals surface area contributed by atoms with Crippen molar-refractivity contribution in [2.24, 2.45) is 0 Å². The van der Waals surface area contributed by atoms with Crippen LogP contribution in [0.4, 0.5) is 0 Å². The molecule has 0 fully saturated rings. The zero-order valence-corrected chi connectivity index (χ0v) is 13.1. The number of fused-ring (bicyclic) bond motifs is 7. The lowest BCUT2D eigenvalue weighted by Gasteiger charge is -2.32. The molecule has 0 bridgehead atoms. The summed E-state index contributed by atoms with van der Waals surface area (Å²) in [6.45, 7) is 0. The maximum absolute atomic E-state index is 12.9. The SMILES string of the molecule is COc1ccc2c(c1)[C@@H](O)[C@H]1C2=CC=C2c3ccccc3C(=O)N21. The predicted octanol–water partition coefficient (Wildman–Crippen LogP) is 3.00. The van der Waals surface area contributed by atoms with Gasteiger partial charge in [-0.15, -0.1) is 0 Å². The van der Waals surface area contributed by atoms with Crippen molar-refractivity contribution < 1.29 is 14.6 Å². The van der Waals surface area contributed by atoms with Gasteiger partial charge in [0.1, 0.15) is 11.9 Å². The molecule has 5 rings (SSSR count). The molecule has 2 aromatic carbocycles. The smallest absolute Gasteiger partial charge is 0.259 e. The zero-order chi connectivity index (χ0) is 16.4. The van der Waals surface area contributed by atoms with Crippen LogP contribution < -0.4 is 4.74 Å². The third-order valence-electron chi connectivity index (χ3n) is 5.12. The monoisotopic (exact) mass is 317 g/mol. The standard InChI is InChI=1S/C20H15NO3/c1-24-11-6-7-12-14-8-9-17-13-4-2-3-5-15(13)20(23)21(17)18(14)19(22)16(12)10-11/h2-10,18-19,22H,1H3/t18-,19-/m1/s1. The summed E-state index contributed by atoms with van der Waals surface area (Å²) in [5.41, 5.74) is 5.25. The first-order chi connectivity index (χ1) is 11.7. The Morgan fingerprint density at radius 1 is 1.04 bits per heavy atom. The fourth-order valence-electron chi connectivity index (χ4n) is 4.02. The lowest BCUT2D eigenvalue weighted by atomic mass is 9.99. The Balaban J connectivity index is 1.69. The van der Waals surface area contributed by atoms with Crippen molar-refractivity contribution in [3.05, 3.63) is 76.9 Å². The van der Waals surface area contributed by atoms with Crippen LogP contribution in [-0.2, 0) is 0 Å². The third kappa shape index (κ3) is 1.53. The molecule has 2 aliphatic heterocycles. The van der Waals surface area contributed by atoms with Gasteiger partial charge >= 0.3 is 0 Å². The number of aliphatic hydroxyl groups is 1. The summed E-state index contributed by atoms with van der Waals surface area (Å²) in [5.74, 6) is 0.655. The van der Waals surface area contributed by atoms with E-state index in [1.54, 1.807) is 12.0 Å². The maximum Gasteiger partial charge on any atom is 0.259 e. The maximum atomic E-state index is 12.9. The first kappa shape index (κ1) is 13.6.